The second-order valence-corrected chi connectivity index (χ2v) is 10.9. The molecule has 208 valence electrons. The molecule has 1 fully saturated rings. The second-order valence-electron chi connectivity index (χ2n) is 10.9. The summed E-state index contributed by atoms with van der Waals surface area (Å²) in [5.41, 5.74) is 2.68. The Balaban J connectivity index is 1.43. The highest BCUT2D eigenvalue weighted by Crippen LogP contribution is 2.40. The quantitative estimate of drug-likeness (QED) is 0.453. The number of hydrogen-bond donors (Lipinski definition) is 1. The van der Waals surface area contributed by atoms with Gasteiger partial charge < -0.3 is 28.5 Å². The van der Waals surface area contributed by atoms with Gasteiger partial charge in [-0.15, -0.1) is 0 Å². The number of hydrogen-bond acceptors (Lipinski definition) is 8. The number of esters is 1. The number of H-pyrrole nitrogens is 1. The second kappa shape index (κ2) is 10.9. The van der Waals surface area contributed by atoms with Crippen LogP contribution in [0.1, 0.15) is 55.2 Å². The van der Waals surface area contributed by atoms with Gasteiger partial charge in [0.25, 0.3) is 5.91 Å². The zero-order valence-corrected chi connectivity index (χ0v) is 23.2. The maximum absolute atomic E-state index is 13.9. The summed E-state index contributed by atoms with van der Waals surface area (Å²) in [7, 11) is 0. The Morgan fingerprint density at radius 3 is 2.72 bits per heavy atom. The van der Waals surface area contributed by atoms with E-state index in [9.17, 15) is 9.59 Å². The summed E-state index contributed by atoms with van der Waals surface area (Å²) >= 11 is 0. The van der Waals surface area contributed by atoms with E-state index in [1.54, 1.807) is 44.0 Å². The first-order valence-corrected chi connectivity index (χ1v) is 13.4. The summed E-state index contributed by atoms with van der Waals surface area (Å²) < 4.78 is 22.7. The lowest BCUT2D eigenvalue weighted by molar-refractivity contribution is -0.140. The number of nitrogens with zero attached hydrogens (tertiary/aromatic N) is 3. The minimum atomic E-state index is -0.560. The molecule has 1 N–H and O–H groups in total. The highest BCUT2D eigenvalue weighted by atomic mass is 16.5. The van der Waals surface area contributed by atoms with Gasteiger partial charge in [0.1, 0.15) is 17.9 Å². The van der Waals surface area contributed by atoms with Crippen molar-refractivity contribution in [1.29, 1.82) is 0 Å². The molecule has 0 bridgehead atoms. The highest BCUT2D eigenvalue weighted by molar-refractivity contribution is 6.18. The van der Waals surface area contributed by atoms with E-state index in [4.69, 9.17) is 18.6 Å². The number of oxazole rings is 1. The molecule has 5 rings (SSSR count). The lowest BCUT2D eigenvalue weighted by Gasteiger charge is -2.29. The molecule has 3 aromatic rings. The first kappa shape index (κ1) is 27.0. The van der Waals surface area contributed by atoms with Gasteiger partial charge in [0.2, 0.25) is 5.71 Å². The lowest BCUT2D eigenvalue weighted by atomic mass is 9.83. The number of rotatable bonds is 7. The summed E-state index contributed by atoms with van der Waals surface area (Å²) in [6.45, 7) is 14.3. The molecule has 0 radical (unpaired) electrons. The van der Waals surface area contributed by atoms with Crippen LogP contribution in [0.4, 0.5) is 0 Å². The summed E-state index contributed by atoms with van der Waals surface area (Å²) in [6.07, 6.45) is 1.25. The summed E-state index contributed by atoms with van der Waals surface area (Å²) in [6, 6.07) is 7.16. The number of nitrogens with one attached hydrogen (secondary N) is 1. The normalized spacial score (nSPS) is 17.6. The fourth-order valence-corrected chi connectivity index (χ4v) is 5.17. The van der Waals surface area contributed by atoms with Gasteiger partial charge in [-0.25, -0.2) is 9.78 Å². The predicted molar refractivity (Wildman–Crippen MR) is 146 cm³/mol. The molecular weight excluding hydrogens is 500 g/mol. The third kappa shape index (κ3) is 5.72. The van der Waals surface area contributed by atoms with Crippen molar-refractivity contribution in [3.63, 3.8) is 0 Å². The van der Waals surface area contributed by atoms with Crippen LogP contribution in [0.2, 0.25) is 0 Å². The van der Waals surface area contributed by atoms with Gasteiger partial charge in [0.15, 0.2) is 5.89 Å². The molecule has 39 heavy (non-hydrogen) atoms. The van der Waals surface area contributed by atoms with Crippen LogP contribution in [0, 0.1) is 6.92 Å². The number of amides is 1. The molecule has 2 aliphatic rings. The van der Waals surface area contributed by atoms with Gasteiger partial charge in [-0.05, 0) is 32.0 Å². The fourth-order valence-electron chi connectivity index (χ4n) is 5.17. The molecule has 2 aromatic heterocycles. The van der Waals surface area contributed by atoms with E-state index in [1.165, 1.54) is 0 Å². The van der Waals surface area contributed by atoms with Crippen LogP contribution in [-0.4, -0.2) is 83.7 Å². The van der Waals surface area contributed by atoms with Gasteiger partial charge in [0.05, 0.1) is 30.6 Å². The predicted octanol–water partition coefficient (Wildman–Crippen LogP) is 3.90. The average Bonchev–Trinajstić information content (AvgIpc) is 3.38. The van der Waals surface area contributed by atoms with Gasteiger partial charge in [-0.2, -0.15) is 0 Å². The van der Waals surface area contributed by atoms with Gasteiger partial charge in [-0.1, -0.05) is 19.9 Å². The van der Waals surface area contributed by atoms with E-state index in [0.29, 0.717) is 47.3 Å². The lowest BCUT2D eigenvalue weighted by Crippen LogP contribution is -2.38. The Morgan fingerprint density at radius 2 is 1.97 bits per heavy atom. The van der Waals surface area contributed by atoms with E-state index in [2.05, 4.69) is 14.9 Å². The maximum atomic E-state index is 13.9. The van der Waals surface area contributed by atoms with Crippen LogP contribution in [0.25, 0.3) is 16.8 Å². The number of aromatic nitrogens is 2. The van der Waals surface area contributed by atoms with E-state index in [1.807, 2.05) is 26.0 Å². The third-order valence-electron chi connectivity index (χ3n) is 6.94. The largest absolute Gasteiger partial charge is 0.492 e. The Bertz CT molecular complexity index is 1400. The molecule has 0 saturated carbocycles. The number of carbonyl (C=O) groups is 2. The van der Waals surface area contributed by atoms with E-state index in [-0.39, 0.29) is 17.6 Å². The highest BCUT2D eigenvalue weighted by Gasteiger charge is 2.39. The summed E-state index contributed by atoms with van der Waals surface area (Å²) in [4.78, 5) is 38.8. The number of fused-ring (bicyclic) bond motifs is 3. The number of carbonyl (C=O) groups excluding carboxylic acids is 2. The van der Waals surface area contributed by atoms with Crippen molar-refractivity contribution in [3.05, 3.63) is 53.2 Å². The molecule has 10 nitrogen and oxygen atoms in total. The van der Waals surface area contributed by atoms with Crippen LogP contribution < -0.4 is 4.74 Å². The topological polar surface area (TPSA) is 110 Å². The first-order chi connectivity index (χ1) is 18.6. The van der Waals surface area contributed by atoms with Crippen LogP contribution >= 0.6 is 0 Å². The molecule has 0 atom stereocenters. The van der Waals surface area contributed by atoms with Crippen LogP contribution in [-0.2, 0) is 19.7 Å². The van der Waals surface area contributed by atoms with Gasteiger partial charge in [-0.3, -0.25) is 9.69 Å². The van der Waals surface area contributed by atoms with E-state index < -0.39 is 11.4 Å². The van der Waals surface area contributed by atoms with E-state index in [0.717, 1.165) is 38.4 Å². The smallest absolute Gasteiger partial charge is 0.342 e. The van der Waals surface area contributed by atoms with Gasteiger partial charge in [0, 0.05) is 55.8 Å². The molecule has 0 aliphatic carbocycles. The van der Waals surface area contributed by atoms with E-state index >= 15 is 0 Å². The summed E-state index contributed by atoms with van der Waals surface area (Å²) in [5.74, 6) is 0.376. The zero-order valence-electron chi connectivity index (χ0n) is 23.2. The Labute approximate surface area is 227 Å². The first-order valence-electron chi connectivity index (χ1n) is 13.4. The molecule has 0 spiro atoms. The number of benzene rings is 1. The standard InChI is InChI=1S/C29H36N4O6/c1-18(2)38-28(35)22-16-33(17-29(4,5)23-24(22)31-26-25(23)30-19(3)39-26)27(34)20-7-6-8-21(15-20)37-14-11-32-9-12-36-13-10-32/h6-8,15-16,18,31H,9-14,17H2,1-5H3. The fraction of sp³-hybridized carbons (Fsp3) is 0.483. The molecule has 10 heteroatoms. The molecule has 2 aliphatic heterocycles. The SMILES string of the molecule is Cc1nc2c3c([nH]c2o1)C(C(=O)OC(C)C)=CN(C(=O)c1cccc(OCCN2CCOCC2)c1)CC3(C)C. The molecular formula is C29H36N4O6. The Hall–Kier alpha value is -3.63. The number of ether oxygens (including phenoxy) is 3. The molecule has 1 amide bonds. The monoisotopic (exact) mass is 536 g/mol. The van der Waals surface area contributed by atoms with Gasteiger partial charge >= 0.3 is 5.97 Å². The number of morpholine rings is 1. The molecule has 4 heterocycles. The molecule has 0 unspecified atom stereocenters. The molecule has 1 aromatic carbocycles. The summed E-state index contributed by atoms with van der Waals surface area (Å²) in [5, 5.41) is 0. The van der Waals surface area contributed by atoms with Crippen LogP contribution in [0.5, 0.6) is 5.75 Å². The molecule has 1 saturated heterocycles. The van der Waals surface area contributed by atoms with Crippen LogP contribution in [0.15, 0.2) is 34.9 Å². The van der Waals surface area contributed by atoms with Crippen molar-refractivity contribution >= 4 is 28.7 Å². The van der Waals surface area contributed by atoms with Crippen molar-refractivity contribution in [3.8, 4) is 5.75 Å². The van der Waals surface area contributed by atoms with Crippen molar-refractivity contribution in [1.82, 2.24) is 19.8 Å². The Kier molecular flexibility index (Phi) is 7.51. The van der Waals surface area contributed by atoms with Crippen molar-refractivity contribution in [2.75, 3.05) is 46.0 Å². The minimum Gasteiger partial charge on any atom is -0.492 e. The Morgan fingerprint density at radius 1 is 1.21 bits per heavy atom. The number of aromatic amines is 1. The zero-order chi connectivity index (χ0) is 27.7. The minimum absolute atomic E-state index is 0.241. The van der Waals surface area contributed by atoms with Crippen molar-refractivity contribution < 1.29 is 28.2 Å². The third-order valence-corrected chi connectivity index (χ3v) is 6.94. The van der Waals surface area contributed by atoms with Crippen LogP contribution in [0.3, 0.4) is 0 Å². The maximum Gasteiger partial charge on any atom is 0.342 e. The number of aryl methyl sites for hydroxylation is 1. The van der Waals surface area contributed by atoms with Crippen molar-refractivity contribution in [2.45, 2.75) is 46.1 Å². The average molecular weight is 537 g/mol. The van der Waals surface area contributed by atoms with Crippen molar-refractivity contribution in [2.24, 2.45) is 0 Å².